The van der Waals surface area contributed by atoms with E-state index in [2.05, 4.69) is 5.32 Å². The molecule has 0 saturated heterocycles. The predicted octanol–water partition coefficient (Wildman–Crippen LogP) is 2.17. The number of ether oxygens (including phenoxy) is 1. The minimum atomic E-state index is -3.85. The van der Waals surface area contributed by atoms with Gasteiger partial charge in [0.05, 0.1) is 10.5 Å². The third kappa shape index (κ3) is 6.00. The number of amides is 1. The van der Waals surface area contributed by atoms with Crippen molar-refractivity contribution in [1.29, 1.82) is 0 Å². The van der Waals surface area contributed by atoms with E-state index in [-0.39, 0.29) is 29.9 Å². The molecule has 0 aliphatic carbocycles. The number of carbonyl (C=O) groups excluding carboxylic acids is 2. The summed E-state index contributed by atoms with van der Waals surface area (Å²) in [4.78, 5) is 23.7. The summed E-state index contributed by atoms with van der Waals surface area (Å²) in [5, 5.41) is 2.65. The first-order chi connectivity index (χ1) is 12.5. The smallest absolute Gasteiger partial charge is 0.341 e. The Kier molecular flexibility index (Phi) is 8.36. The Balaban J connectivity index is 2.94. The van der Waals surface area contributed by atoms with E-state index in [9.17, 15) is 22.4 Å². The lowest BCUT2D eigenvalue weighted by Gasteiger charge is -2.19. The second-order valence-electron chi connectivity index (χ2n) is 6.41. The largest absolute Gasteiger partial charge is 0.452 e. The Hall–Kier alpha value is -2.00. The van der Waals surface area contributed by atoms with E-state index in [1.165, 1.54) is 4.31 Å². The maximum Gasteiger partial charge on any atom is 0.341 e. The van der Waals surface area contributed by atoms with E-state index in [4.69, 9.17) is 4.74 Å². The molecule has 0 saturated carbocycles. The molecule has 1 atom stereocenters. The third-order valence-corrected chi connectivity index (χ3v) is 6.27. The molecule has 1 amide bonds. The lowest BCUT2D eigenvalue weighted by molar-refractivity contribution is -0.125. The zero-order chi connectivity index (χ0) is 20.8. The number of hydrogen-bond donors (Lipinski definition) is 1. The number of nitrogens with one attached hydrogen (secondary N) is 1. The van der Waals surface area contributed by atoms with Crippen LogP contribution in [0.25, 0.3) is 0 Å². The first-order valence-electron chi connectivity index (χ1n) is 8.80. The topological polar surface area (TPSA) is 92.8 Å². The third-order valence-electron chi connectivity index (χ3n) is 4.22. The van der Waals surface area contributed by atoms with Gasteiger partial charge in [-0.05, 0) is 31.0 Å². The molecule has 152 valence electrons. The van der Waals surface area contributed by atoms with Crippen molar-refractivity contribution in [3.05, 3.63) is 29.6 Å². The fraction of sp³-hybridized carbons (Fsp3) is 0.556. The van der Waals surface area contributed by atoms with Gasteiger partial charge in [0.1, 0.15) is 5.82 Å². The molecule has 0 aliphatic heterocycles. The average Bonchev–Trinajstić information content (AvgIpc) is 2.60. The Morgan fingerprint density at radius 3 is 2.30 bits per heavy atom. The molecule has 0 bridgehead atoms. The first kappa shape index (κ1) is 23.0. The molecular formula is C18H27FN2O5S. The second-order valence-corrected chi connectivity index (χ2v) is 8.35. The van der Waals surface area contributed by atoms with E-state index in [0.717, 1.165) is 18.2 Å². The molecule has 7 nitrogen and oxygen atoms in total. The number of nitrogens with zero attached hydrogens (tertiary/aromatic N) is 1. The van der Waals surface area contributed by atoms with E-state index >= 15 is 0 Å². The van der Waals surface area contributed by atoms with Gasteiger partial charge in [-0.2, -0.15) is 4.31 Å². The highest BCUT2D eigenvalue weighted by molar-refractivity contribution is 7.89. The number of carbonyl (C=O) groups is 2. The van der Waals surface area contributed by atoms with Gasteiger partial charge in [0, 0.05) is 19.1 Å². The van der Waals surface area contributed by atoms with Crippen LogP contribution < -0.4 is 5.32 Å². The Labute approximate surface area is 159 Å². The van der Waals surface area contributed by atoms with Crippen molar-refractivity contribution in [3.8, 4) is 0 Å². The molecular weight excluding hydrogens is 375 g/mol. The molecule has 0 unspecified atom stereocenters. The normalized spacial score (nSPS) is 12.9. The number of rotatable bonds is 9. The molecule has 0 aliphatic rings. The van der Waals surface area contributed by atoms with Gasteiger partial charge in [0.25, 0.3) is 5.91 Å². The molecule has 0 aromatic heterocycles. The van der Waals surface area contributed by atoms with Crippen molar-refractivity contribution >= 4 is 21.9 Å². The van der Waals surface area contributed by atoms with Gasteiger partial charge in [-0.25, -0.2) is 17.6 Å². The number of sulfonamides is 1. The molecule has 9 heteroatoms. The van der Waals surface area contributed by atoms with Crippen LogP contribution >= 0.6 is 0 Å². The summed E-state index contributed by atoms with van der Waals surface area (Å²) in [6.45, 7) is 8.91. The van der Waals surface area contributed by atoms with Crippen molar-refractivity contribution < 1.29 is 27.1 Å². The lowest BCUT2D eigenvalue weighted by Crippen LogP contribution is -2.38. The van der Waals surface area contributed by atoms with Crippen LogP contribution in [0.2, 0.25) is 0 Å². The lowest BCUT2D eigenvalue weighted by atomic mass is 10.1. The van der Waals surface area contributed by atoms with Gasteiger partial charge in [0.15, 0.2) is 6.61 Å². The fourth-order valence-corrected chi connectivity index (χ4v) is 3.69. The molecule has 1 aromatic carbocycles. The van der Waals surface area contributed by atoms with Gasteiger partial charge in [-0.15, -0.1) is 0 Å². The quantitative estimate of drug-likeness (QED) is 0.639. The van der Waals surface area contributed by atoms with Crippen LogP contribution in [0.1, 0.15) is 45.0 Å². The zero-order valence-electron chi connectivity index (χ0n) is 16.3. The molecule has 1 rings (SSSR count). The molecule has 0 fully saturated rings. The average molecular weight is 402 g/mol. The van der Waals surface area contributed by atoms with Crippen LogP contribution in [0.5, 0.6) is 0 Å². The number of benzene rings is 1. The van der Waals surface area contributed by atoms with Crippen LogP contribution in [0.15, 0.2) is 23.1 Å². The Morgan fingerprint density at radius 2 is 1.78 bits per heavy atom. The van der Waals surface area contributed by atoms with E-state index in [1.54, 1.807) is 13.8 Å². The Morgan fingerprint density at radius 1 is 1.19 bits per heavy atom. The van der Waals surface area contributed by atoms with Crippen LogP contribution in [-0.4, -0.2) is 50.3 Å². The van der Waals surface area contributed by atoms with Gasteiger partial charge >= 0.3 is 5.97 Å². The summed E-state index contributed by atoms with van der Waals surface area (Å²) in [7, 11) is -3.85. The SMILES string of the molecule is CCN(CC)S(=O)(=O)c1ccc(F)c(C(=O)OCC(=O)N[C@H](C)C(C)C)c1. The van der Waals surface area contributed by atoms with Crippen molar-refractivity contribution in [2.24, 2.45) is 5.92 Å². The number of hydrogen-bond acceptors (Lipinski definition) is 5. The first-order valence-corrected chi connectivity index (χ1v) is 10.2. The van der Waals surface area contributed by atoms with Gasteiger partial charge in [-0.3, -0.25) is 4.79 Å². The molecule has 0 spiro atoms. The van der Waals surface area contributed by atoms with Gasteiger partial charge in [0.2, 0.25) is 10.0 Å². The van der Waals surface area contributed by atoms with E-state index in [1.807, 2.05) is 20.8 Å². The second kappa shape index (κ2) is 9.80. The summed E-state index contributed by atoms with van der Waals surface area (Å²) < 4.78 is 45.1. The van der Waals surface area contributed by atoms with E-state index in [0.29, 0.717) is 0 Å². The monoisotopic (exact) mass is 402 g/mol. The molecule has 0 radical (unpaired) electrons. The van der Waals surface area contributed by atoms with Crippen molar-refractivity contribution in [3.63, 3.8) is 0 Å². The minimum absolute atomic E-state index is 0.115. The summed E-state index contributed by atoms with van der Waals surface area (Å²) in [5.41, 5.74) is -0.534. The molecule has 0 heterocycles. The Bertz CT molecular complexity index is 776. The number of halogens is 1. The van der Waals surface area contributed by atoms with Crippen molar-refractivity contribution in [2.45, 2.75) is 45.6 Å². The van der Waals surface area contributed by atoms with Crippen LogP contribution in [0, 0.1) is 11.7 Å². The summed E-state index contributed by atoms with van der Waals surface area (Å²) in [6, 6.07) is 2.81. The fourth-order valence-electron chi connectivity index (χ4n) is 2.20. The molecule has 1 N–H and O–H groups in total. The highest BCUT2D eigenvalue weighted by atomic mass is 32.2. The molecule has 1 aromatic rings. The van der Waals surface area contributed by atoms with Crippen molar-refractivity contribution in [1.82, 2.24) is 9.62 Å². The van der Waals surface area contributed by atoms with Crippen LogP contribution in [0.4, 0.5) is 4.39 Å². The predicted molar refractivity (Wildman–Crippen MR) is 99.2 cm³/mol. The maximum atomic E-state index is 14.0. The summed E-state index contributed by atoms with van der Waals surface area (Å²) >= 11 is 0. The maximum absolute atomic E-state index is 14.0. The van der Waals surface area contributed by atoms with E-state index < -0.39 is 39.9 Å². The minimum Gasteiger partial charge on any atom is -0.452 e. The summed E-state index contributed by atoms with van der Waals surface area (Å²) in [6.07, 6.45) is 0. The van der Waals surface area contributed by atoms with Gasteiger partial charge in [-0.1, -0.05) is 27.7 Å². The van der Waals surface area contributed by atoms with Crippen molar-refractivity contribution in [2.75, 3.05) is 19.7 Å². The van der Waals surface area contributed by atoms with Gasteiger partial charge < -0.3 is 10.1 Å². The van der Waals surface area contributed by atoms with Crippen LogP contribution in [-0.2, 0) is 19.6 Å². The highest BCUT2D eigenvalue weighted by Gasteiger charge is 2.25. The summed E-state index contributed by atoms with van der Waals surface area (Å²) in [5.74, 6) is -2.34. The highest BCUT2D eigenvalue weighted by Crippen LogP contribution is 2.20. The number of esters is 1. The molecule has 27 heavy (non-hydrogen) atoms. The zero-order valence-corrected chi connectivity index (χ0v) is 17.1. The van der Waals surface area contributed by atoms with Crippen LogP contribution in [0.3, 0.4) is 0 Å². The standard InChI is InChI=1S/C18H27FN2O5S/c1-6-21(7-2)27(24,25)14-8-9-16(19)15(10-14)18(23)26-11-17(22)20-13(5)12(3)4/h8-10,12-13H,6-7,11H2,1-5H3,(H,20,22)/t13-/m1/s1.